The van der Waals surface area contributed by atoms with Crippen LogP contribution in [0.15, 0.2) is 130 Å². The lowest BCUT2D eigenvalue weighted by Crippen LogP contribution is -2.06. The molecular formula is C38H26Cl4N8O4. The Kier molecular flexibility index (Phi) is 10.5. The van der Waals surface area contributed by atoms with Gasteiger partial charge in [0.05, 0.1) is 44.2 Å². The summed E-state index contributed by atoms with van der Waals surface area (Å²) in [4.78, 5) is 25.0. The van der Waals surface area contributed by atoms with Gasteiger partial charge in [-0.15, -0.1) is 10.2 Å². The van der Waals surface area contributed by atoms with E-state index in [1.807, 2.05) is 12.1 Å². The third-order valence-corrected chi connectivity index (χ3v) is 10.3. The van der Waals surface area contributed by atoms with Crippen molar-refractivity contribution in [1.29, 1.82) is 0 Å². The number of nitrogens with zero attached hydrogens (tertiary/aromatic N) is 6. The molecule has 0 fully saturated rings. The fraction of sp³-hybridized carbons (Fsp3) is 0.0526. The predicted molar refractivity (Wildman–Crippen MR) is 212 cm³/mol. The van der Waals surface area contributed by atoms with Crippen LogP contribution in [0.25, 0.3) is 21.8 Å². The maximum absolute atomic E-state index is 12.5. The number of benzene rings is 5. The minimum absolute atomic E-state index is 0.0512. The van der Waals surface area contributed by atoms with E-state index in [1.165, 1.54) is 9.13 Å². The summed E-state index contributed by atoms with van der Waals surface area (Å²) < 4.78 is 2.99. The van der Waals surface area contributed by atoms with Crippen molar-refractivity contribution in [3.05, 3.63) is 140 Å². The van der Waals surface area contributed by atoms with Gasteiger partial charge < -0.3 is 30.0 Å². The van der Waals surface area contributed by atoms with E-state index in [-0.39, 0.29) is 56.3 Å². The third kappa shape index (κ3) is 7.20. The number of amides is 4. The van der Waals surface area contributed by atoms with E-state index in [9.17, 15) is 19.8 Å². The first kappa shape index (κ1) is 36.4. The van der Waals surface area contributed by atoms with E-state index in [0.29, 0.717) is 44.3 Å². The molecule has 5 aromatic carbocycles. The van der Waals surface area contributed by atoms with Gasteiger partial charge in [0.15, 0.2) is 11.4 Å². The Balaban J connectivity index is 1.20. The summed E-state index contributed by atoms with van der Waals surface area (Å²) in [6.07, 6.45) is 0. The van der Waals surface area contributed by atoms with Crippen LogP contribution in [0.4, 0.5) is 32.3 Å². The zero-order chi connectivity index (χ0) is 37.9. The zero-order valence-electron chi connectivity index (χ0n) is 27.7. The highest BCUT2D eigenvalue weighted by Crippen LogP contribution is 2.46. The van der Waals surface area contributed by atoms with Crippen LogP contribution >= 0.6 is 46.4 Å². The Morgan fingerprint density at radius 3 is 1.22 bits per heavy atom. The maximum Gasteiger partial charge on any atom is 0.364 e. The molecular weight excluding hydrogens is 774 g/mol. The molecule has 0 aliphatic carbocycles. The lowest BCUT2D eigenvalue weighted by atomic mass is 10.1. The summed E-state index contributed by atoms with van der Waals surface area (Å²) in [7, 11) is 0. The van der Waals surface area contributed by atoms with Crippen LogP contribution in [0.3, 0.4) is 0 Å². The number of aromatic hydroxyl groups is 2. The number of carbonyl (C=O) groups is 2. The number of azo groups is 2. The molecule has 0 aliphatic heterocycles. The highest BCUT2D eigenvalue weighted by molar-refractivity contribution is 6.49. The number of urea groups is 2. The first-order chi connectivity index (χ1) is 26.1. The van der Waals surface area contributed by atoms with E-state index in [1.54, 1.807) is 97.1 Å². The molecule has 270 valence electrons. The van der Waals surface area contributed by atoms with Crippen molar-refractivity contribution in [1.82, 2.24) is 9.13 Å². The second-order valence-electron chi connectivity index (χ2n) is 11.8. The third-order valence-electron chi connectivity index (χ3n) is 8.44. The van der Waals surface area contributed by atoms with Crippen LogP contribution in [0.1, 0.15) is 11.1 Å². The Morgan fingerprint density at radius 1 is 0.519 bits per heavy atom. The molecule has 0 aliphatic rings. The first-order valence-corrected chi connectivity index (χ1v) is 17.6. The van der Waals surface area contributed by atoms with Crippen LogP contribution in [0, 0.1) is 0 Å². The molecule has 2 aromatic heterocycles. The summed E-state index contributed by atoms with van der Waals surface area (Å²) in [6, 6.07) is 30.0. The molecule has 54 heavy (non-hydrogen) atoms. The van der Waals surface area contributed by atoms with Crippen molar-refractivity contribution in [2.24, 2.45) is 20.5 Å². The number of fused-ring (bicyclic) bond motifs is 2. The molecule has 7 aromatic rings. The van der Waals surface area contributed by atoms with Gasteiger partial charge in [-0.25, -0.2) is 9.59 Å². The second kappa shape index (κ2) is 15.6. The number of aromatic nitrogens is 2. The van der Waals surface area contributed by atoms with Gasteiger partial charge in [0, 0.05) is 33.3 Å². The van der Waals surface area contributed by atoms with Crippen molar-refractivity contribution < 1.29 is 19.8 Å². The quantitative estimate of drug-likeness (QED) is 0.0890. The monoisotopic (exact) mass is 798 g/mol. The lowest BCUT2D eigenvalue weighted by Gasteiger charge is -2.18. The molecule has 2 heterocycles. The average molecular weight is 800 g/mol. The van der Waals surface area contributed by atoms with Gasteiger partial charge in [-0.2, -0.15) is 0 Å². The van der Waals surface area contributed by atoms with E-state index in [2.05, 4.69) is 31.1 Å². The van der Waals surface area contributed by atoms with Crippen LogP contribution in [-0.2, 0) is 13.1 Å². The summed E-state index contributed by atoms with van der Waals surface area (Å²) >= 11 is 27.5. The summed E-state index contributed by atoms with van der Waals surface area (Å²) in [5.74, 6) is -0.613. The maximum atomic E-state index is 12.5. The van der Waals surface area contributed by atoms with Gasteiger partial charge in [0.2, 0.25) is 11.8 Å². The number of hydrogen-bond acceptors (Lipinski definition) is 6. The summed E-state index contributed by atoms with van der Waals surface area (Å²) in [6.45, 7) is -0.189. The standard InChI is InChI=1S/C38H26Cl4N8O4/c39-29-25(19-49-27-17-9-7-15-23(27)33(35(49)51)45-47-37(53)43-21-11-3-1-4-12-21)30(40)32(42)26(31(29)41)20-50-28-18-10-8-16-24(28)34(36(50)52)46-48-38(54)44-22-13-5-2-6-14-22/h1-18,51-52H,19-20H2,(H,43,53)(H,44,54). The number of carbonyl (C=O) groups excluding carboxylic acids is 2. The molecule has 0 unspecified atom stereocenters. The number of rotatable bonds is 8. The predicted octanol–water partition coefficient (Wildman–Crippen LogP) is 12.3. The molecule has 4 amide bonds. The highest BCUT2D eigenvalue weighted by Gasteiger charge is 2.26. The molecule has 0 spiro atoms. The van der Waals surface area contributed by atoms with Gasteiger partial charge in [-0.3, -0.25) is 0 Å². The molecule has 7 rings (SSSR count). The van der Waals surface area contributed by atoms with Crippen LogP contribution in [-0.4, -0.2) is 31.4 Å². The Bertz CT molecular complexity index is 2420. The van der Waals surface area contributed by atoms with Gasteiger partial charge in [0.25, 0.3) is 0 Å². The Morgan fingerprint density at radius 2 is 0.852 bits per heavy atom. The SMILES string of the molecule is O=C(N=Nc1c(O)n(Cc2c(Cl)c(Cl)c(Cn3c(O)c(N=NC(=O)Nc4ccccc4)c4ccccc43)c(Cl)c2Cl)c2ccccc12)Nc1ccccc1. The summed E-state index contributed by atoms with van der Waals surface area (Å²) in [5.41, 5.74) is 2.83. The van der Waals surface area contributed by atoms with Crippen molar-refractivity contribution in [2.75, 3.05) is 10.6 Å². The fourth-order valence-electron chi connectivity index (χ4n) is 5.91. The number of anilines is 2. The van der Waals surface area contributed by atoms with Crippen molar-refractivity contribution in [3.8, 4) is 11.8 Å². The fourth-order valence-corrected chi connectivity index (χ4v) is 7.08. The highest BCUT2D eigenvalue weighted by atomic mass is 35.5. The van der Waals surface area contributed by atoms with Gasteiger partial charge in [-0.05, 0) is 36.4 Å². The number of halogens is 4. The van der Waals surface area contributed by atoms with E-state index >= 15 is 0 Å². The van der Waals surface area contributed by atoms with Crippen LogP contribution in [0.5, 0.6) is 11.8 Å². The molecule has 0 saturated carbocycles. The minimum atomic E-state index is -0.733. The van der Waals surface area contributed by atoms with Gasteiger partial charge in [0.1, 0.15) is 0 Å². The number of para-hydroxylation sites is 4. The second-order valence-corrected chi connectivity index (χ2v) is 13.3. The van der Waals surface area contributed by atoms with Gasteiger partial charge in [-0.1, -0.05) is 129 Å². The van der Waals surface area contributed by atoms with Crippen LogP contribution in [0.2, 0.25) is 20.1 Å². The van der Waals surface area contributed by atoms with E-state index < -0.39 is 12.1 Å². The van der Waals surface area contributed by atoms with Gasteiger partial charge >= 0.3 is 12.1 Å². The van der Waals surface area contributed by atoms with Crippen LogP contribution < -0.4 is 10.6 Å². The van der Waals surface area contributed by atoms with E-state index in [0.717, 1.165) is 0 Å². The first-order valence-electron chi connectivity index (χ1n) is 16.1. The smallest absolute Gasteiger partial charge is 0.364 e. The molecule has 0 saturated heterocycles. The lowest BCUT2D eigenvalue weighted by molar-refractivity contribution is 0.257. The topological polar surface area (TPSA) is 158 Å². The largest absolute Gasteiger partial charge is 0.493 e. The van der Waals surface area contributed by atoms with Crippen molar-refractivity contribution in [3.63, 3.8) is 0 Å². The molecule has 12 nitrogen and oxygen atoms in total. The molecule has 0 bridgehead atoms. The Labute approximate surface area is 326 Å². The number of hydrogen-bond donors (Lipinski definition) is 4. The normalized spacial score (nSPS) is 11.6. The molecule has 4 N–H and O–H groups in total. The molecule has 16 heteroatoms. The number of nitrogens with one attached hydrogen (secondary N) is 2. The zero-order valence-corrected chi connectivity index (χ0v) is 30.7. The summed E-state index contributed by atoms with van der Waals surface area (Å²) in [5, 5.41) is 44.9. The Hall–Kier alpha value is -5.92. The minimum Gasteiger partial charge on any atom is -0.493 e. The average Bonchev–Trinajstić information content (AvgIpc) is 3.61. The van der Waals surface area contributed by atoms with E-state index in [4.69, 9.17) is 46.4 Å². The van der Waals surface area contributed by atoms with Crippen molar-refractivity contribution in [2.45, 2.75) is 13.1 Å². The molecule has 0 radical (unpaired) electrons. The molecule has 0 atom stereocenters. The van der Waals surface area contributed by atoms with Crippen molar-refractivity contribution >= 4 is 103 Å².